The topological polar surface area (TPSA) is 63.2 Å². The first-order valence-corrected chi connectivity index (χ1v) is 8.27. The molecule has 0 spiro atoms. The Balaban J connectivity index is 1.81. The van der Waals surface area contributed by atoms with E-state index in [1.165, 1.54) is 5.56 Å². The van der Waals surface area contributed by atoms with Crippen LogP contribution in [0.3, 0.4) is 0 Å². The first-order valence-electron chi connectivity index (χ1n) is 7.89. The summed E-state index contributed by atoms with van der Waals surface area (Å²) in [6.45, 7) is 1.97. The number of nitrogens with zero attached hydrogens (tertiary/aromatic N) is 1. The molecule has 0 aliphatic heterocycles. The zero-order valence-electron chi connectivity index (χ0n) is 13.7. The summed E-state index contributed by atoms with van der Waals surface area (Å²) in [4.78, 5) is 16.2. The van der Waals surface area contributed by atoms with Crippen molar-refractivity contribution in [3.05, 3.63) is 58.9 Å². The van der Waals surface area contributed by atoms with Crippen LogP contribution in [-0.4, -0.2) is 37.7 Å². The van der Waals surface area contributed by atoms with E-state index < -0.39 is 0 Å². The number of anilines is 1. The highest BCUT2D eigenvalue weighted by Crippen LogP contribution is 2.11. The van der Waals surface area contributed by atoms with Crippen molar-refractivity contribution in [3.8, 4) is 0 Å². The average molecular weight is 348 g/mol. The minimum Gasteiger partial charge on any atom is -0.385 e. The second kappa shape index (κ2) is 9.90. The lowest BCUT2D eigenvalue weighted by molar-refractivity contribution is 0.0948. The van der Waals surface area contributed by atoms with Gasteiger partial charge in [0.2, 0.25) is 0 Å². The highest BCUT2D eigenvalue weighted by Gasteiger charge is 2.06. The number of hydrogen-bond donors (Lipinski definition) is 2. The fraction of sp³-hybridized carbons (Fsp3) is 0.333. The first kappa shape index (κ1) is 18.2. The van der Waals surface area contributed by atoms with Crippen LogP contribution in [0, 0.1) is 0 Å². The number of pyridine rings is 1. The summed E-state index contributed by atoms with van der Waals surface area (Å²) >= 11 is 5.87. The molecule has 1 heterocycles. The number of methoxy groups -OCH3 is 1. The largest absolute Gasteiger partial charge is 0.385 e. The van der Waals surface area contributed by atoms with Crippen molar-refractivity contribution in [2.45, 2.75) is 12.8 Å². The fourth-order valence-corrected chi connectivity index (χ4v) is 2.31. The molecule has 0 aliphatic carbocycles. The van der Waals surface area contributed by atoms with E-state index in [4.69, 9.17) is 16.3 Å². The summed E-state index contributed by atoms with van der Waals surface area (Å²) in [5.74, 6) is -0.125. The van der Waals surface area contributed by atoms with Crippen LogP contribution in [0.1, 0.15) is 22.3 Å². The molecule has 2 aromatic rings. The Bertz CT molecular complexity index is 647. The number of rotatable bonds is 9. The van der Waals surface area contributed by atoms with Crippen molar-refractivity contribution in [2.24, 2.45) is 0 Å². The van der Waals surface area contributed by atoms with Crippen LogP contribution in [0.4, 0.5) is 5.69 Å². The lowest BCUT2D eigenvalue weighted by atomic mass is 10.1. The third kappa shape index (κ3) is 6.18. The number of hydrogen-bond acceptors (Lipinski definition) is 4. The van der Waals surface area contributed by atoms with E-state index in [0.29, 0.717) is 18.7 Å². The predicted octanol–water partition coefficient (Wildman–Crippen LogP) is 3.16. The van der Waals surface area contributed by atoms with Crippen molar-refractivity contribution in [2.75, 3.05) is 32.1 Å². The number of aromatic nitrogens is 1. The van der Waals surface area contributed by atoms with Crippen LogP contribution in [0.15, 0.2) is 42.7 Å². The van der Waals surface area contributed by atoms with Gasteiger partial charge in [-0.25, -0.2) is 0 Å². The maximum Gasteiger partial charge on any atom is 0.252 e. The van der Waals surface area contributed by atoms with Crippen LogP contribution >= 0.6 is 11.6 Å². The molecule has 1 amide bonds. The summed E-state index contributed by atoms with van der Waals surface area (Å²) in [6, 6.07) is 9.58. The van der Waals surface area contributed by atoms with E-state index in [0.717, 1.165) is 30.1 Å². The molecule has 2 N–H and O–H groups in total. The molecule has 0 saturated carbocycles. The second-order valence-corrected chi connectivity index (χ2v) is 5.80. The highest BCUT2D eigenvalue weighted by molar-refractivity contribution is 6.30. The molecule has 24 heavy (non-hydrogen) atoms. The van der Waals surface area contributed by atoms with E-state index in [9.17, 15) is 4.79 Å². The number of benzene rings is 1. The molecule has 0 fully saturated rings. The van der Waals surface area contributed by atoms with Crippen LogP contribution in [-0.2, 0) is 11.2 Å². The number of halogens is 1. The summed E-state index contributed by atoms with van der Waals surface area (Å²) in [7, 11) is 1.64. The molecule has 2 rings (SSSR count). The molecule has 0 unspecified atom stereocenters. The Morgan fingerprint density at radius 2 is 2.00 bits per heavy atom. The van der Waals surface area contributed by atoms with Crippen molar-refractivity contribution in [1.82, 2.24) is 10.3 Å². The molecule has 0 aliphatic rings. The van der Waals surface area contributed by atoms with Gasteiger partial charge in [0.1, 0.15) is 0 Å². The predicted molar refractivity (Wildman–Crippen MR) is 96.7 cm³/mol. The van der Waals surface area contributed by atoms with Gasteiger partial charge >= 0.3 is 0 Å². The van der Waals surface area contributed by atoms with E-state index in [1.54, 1.807) is 25.6 Å². The minimum absolute atomic E-state index is 0.125. The normalized spacial score (nSPS) is 10.4. The van der Waals surface area contributed by atoms with E-state index in [2.05, 4.69) is 15.6 Å². The van der Waals surface area contributed by atoms with Gasteiger partial charge in [0.25, 0.3) is 5.91 Å². The molecule has 0 atom stereocenters. The van der Waals surface area contributed by atoms with Gasteiger partial charge in [0.15, 0.2) is 0 Å². The smallest absolute Gasteiger partial charge is 0.252 e. The number of amides is 1. The Morgan fingerprint density at radius 3 is 2.75 bits per heavy atom. The van der Waals surface area contributed by atoms with Crippen molar-refractivity contribution in [3.63, 3.8) is 0 Å². The van der Waals surface area contributed by atoms with Gasteiger partial charge < -0.3 is 15.4 Å². The van der Waals surface area contributed by atoms with Crippen LogP contribution in [0.2, 0.25) is 5.02 Å². The zero-order valence-corrected chi connectivity index (χ0v) is 14.5. The lowest BCUT2D eigenvalue weighted by Gasteiger charge is -2.09. The third-order valence-corrected chi connectivity index (χ3v) is 3.72. The van der Waals surface area contributed by atoms with Crippen molar-refractivity contribution >= 4 is 23.2 Å². The fourth-order valence-electron chi connectivity index (χ4n) is 2.18. The van der Waals surface area contributed by atoms with Gasteiger partial charge in [0.05, 0.1) is 11.3 Å². The minimum atomic E-state index is -0.125. The molecule has 0 saturated heterocycles. The Morgan fingerprint density at radius 1 is 1.21 bits per heavy atom. The number of ether oxygens (including phenoxy) is 1. The van der Waals surface area contributed by atoms with Gasteiger partial charge in [-0.1, -0.05) is 23.7 Å². The van der Waals surface area contributed by atoms with Gasteiger partial charge in [-0.05, 0) is 36.6 Å². The van der Waals surface area contributed by atoms with Crippen molar-refractivity contribution < 1.29 is 9.53 Å². The molecule has 6 heteroatoms. The third-order valence-electron chi connectivity index (χ3n) is 3.47. The standard InChI is InChI=1S/C18H22ClN3O2/c1-24-10-2-8-22-18(23)15-11-17(13-20-12-15)21-9-7-14-3-5-16(19)6-4-14/h3-6,11-13,21H,2,7-10H2,1H3,(H,22,23). The molecule has 1 aromatic heterocycles. The summed E-state index contributed by atoms with van der Waals surface area (Å²) in [5, 5.41) is 6.87. The van der Waals surface area contributed by atoms with Gasteiger partial charge in [-0.3, -0.25) is 9.78 Å². The van der Waals surface area contributed by atoms with Gasteiger partial charge in [0, 0.05) is 44.2 Å². The number of nitrogens with one attached hydrogen (secondary N) is 2. The van der Waals surface area contributed by atoms with Crippen molar-refractivity contribution in [1.29, 1.82) is 0 Å². The Hall–Kier alpha value is -2.11. The second-order valence-electron chi connectivity index (χ2n) is 5.37. The molecule has 1 aromatic carbocycles. The molecular weight excluding hydrogens is 326 g/mol. The zero-order chi connectivity index (χ0) is 17.2. The van der Waals surface area contributed by atoms with Gasteiger partial charge in [-0.2, -0.15) is 0 Å². The summed E-state index contributed by atoms with van der Waals surface area (Å²) in [6.07, 6.45) is 4.93. The number of carbonyl (C=O) groups excluding carboxylic acids is 1. The molecule has 0 radical (unpaired) electrons. The maximum absolute atomic E-state index is 12.1. The first-order chi connectivity index (χ1) is 11.7. The van der Waals surface area contributed by atoms with E-state index in [-0.39, 0.29) is 5.91 Å². The van der Waals surface area contributed by atoms with Crippen LogP contribution < -0.4 is 10.6 Å². The van der Waals surface area contributed by atoms with Crippen LogP contribution in [0.5, 0.6) is 0 Å². The van der Waals surface area contributed by atoms with Crippen LogP contribution in [0.25, 0.3) is 0 Å². The summed E-state index contributed by atoms with van der Waals surface area (Å²) < 4.78 is 4.95. The lowest BCUT2D eigenvalue weighted by Crippen LogP contribution is -2.25. The number of carbonyl (C=O) groups is 1. The molecule has 5 nitrogen and oxygen atoms in total. The quantitative estimate of drug-likeness (QED) is 0.684. The monoisotopic (exact) mass is 347 g/mol. The SMILES string of the molecule is COCCCNC(=O)c1cncc(NCCc2ccc(Cl)cc2)c1. The molecule has 128 valence electrons. The summed E-state index contributed by atoms with van der Waals surface area (Å²) in [5.41, 5.74) is 2.57. The Kier molecular flexibility index (Phi) is 7.52. The molecule has 0 bridgehead atoms. The van der Waals surface area contributed by atoms with E-state index >= 15 is 0 Å². The highest BCUT2D eigenvalue weighted by atomic mass is 35.5. The van der Waals surface area contributed by atoms with Gasteiger partial charge in [-0.15, -0.1) is 0 Å². The Labute approximate surface area is 147 Å². The van der Waals surface area contributed by atoms with E-state index in [1.807, 2.05) is 24.3 Å². The molecular formula is C18H22ClN3O2. The maximum atomic E-state index is 12.1. The average Bonchev–Trinajstić information content (AvgIpc) is 2.60.